The lowest BCUT2D eigenvalue weighted by Gasteiger charge is -2.34. The fraction of sp³-hybridized carbons (Fsp3) is 0.0959. The Labute approximate surface area is 435 Å². The smallest absolute Gasteiger partial charge is 0.0713 e. The molecule has 0 atom stereocenters. The van der Waals surface area contributed by atoms with Gasteiger partial charge in [0.05, 0.1) is 5.41 Å². The maximum Gasteiger partial charge on any atom is 0.0713 e. The standard InChI is InChI=1S/C73H55N/c1-71(2)65-24-14-11-21-59(65)62-42-33-51(45-68(62)71)48-27-36-56(37-28-48)74(57-38-29-49(30-39-57)52-34-43-63-60-22-12-15-25-66(60)72(3,4)69(63)46-52)58-40-31-50(32-41-58)53-35-44-64-61-23-13-16-26-67(61)73(70(64)47-53,54-17-7-5-8-18-54)55-19-9-6-10-20-55/h5-47H,1-4H3. The van der Waals surface area contributed by atoms with Gasteiger partial charge in [-0.25, -0.2) is 0 Å². The Balaban J connectivity index is 0.848. The molecule has 0 fully saturated rings. The first kappa shape index (κ1) is 44.0. The molecular weight excluding hydrogens is 891 g/mol. The molecule has 3 aliphatic rings. The van der Waals surface area contributed by atoms with Crippen molar-refractivity contribution in [2.75, 3.05) is 4.90 Å². The number of benzene rings is 11. The summed E-state index contributed by atoms with van der Waals surface area (Å²) in [5, 5.41) is 0. The molecule has 74 heavy (non-hydrogen) atoms. The Morgan fingerprint density at radius 2 is 0.514 bits per heavy atom. The van der Waals surface area contributed by atoms with Gasteiger partial charge in [-0.15, -0.1) is 0 Å². The number of nitrogens with zero attached hydrogens (tertiary/aromatic N) is 1. The van der Waals surface area contributed by atoms with E-state index in [9.17, 15) is 0 Å². The second-order valence-electron chi connectivity index (χ2n) is 21.6. The predicted octanol–water partition coefficient (Wildman–Crippen LogP) is 19.1. The van der Waals surface area contributed by atoms with Gasteiger partial charge in [0.1, 0.15) is 0 Å². The summed E-state index contributed by atoms with van der Waals surface area (Å²) >= 11 is 0. The predicted molar refractivity (Wildman–Crippen MR) is 310 cm³/mol. The fourth-order valence-electron chi connectivity index (χ4n) is 13.2. The van der Waals surface area contributed by atoms with Crippen molar-refractivity contribution in [1.29, 1.82) is 0 Å². The molecule has 0 aromatic heterocycles. The second-order valence-corrected chi connectivity index (χ2v) is 21.6. The van der Waals surface area contributed by atoms with Gasteiger partial charge in [-0.1, -0.05) is 234 Å². The minimum absolute atomic E-state index is 0.0598. The number of hydrogen-bond donors (Lipinski definition) is 0. The number of hydrogen-bond acceptors (Lipinski definition) is 1. The highest BCUT2D eigenvalue weighted by Crippen LogP contribution is 2.57. The van der Waals surface area contributed by atoms with Gasteiger partial charge in [-0.2, -0.15) is 0 Å². The summed E-state index contributed by atoms with van der Waals surface area (Å²) in [7, 11) is 0. The Morgan fingerprint density at radius 1 is 0.230 bits per heavy atom. The maximum atomic E-state index is 2.46. The summed E-state index contributed by atoms with van der Waals surface area (Å²) in [4.78, 5) is 2.40. The summed E-state index contributed by atoms with van der Waals surface area (Å²) < 4.78 is 0. The summed E-state index contributed by atoms with van der Waals surface area (Å²) in [6.45, 7) is 9.43. The lowest BCUT2D eigenvalue weighted by Crippen LogP contribution is -2.28. The van der Waals surface area contributed by atoms with Crippen molar-refractivity contribution >= 4 is 17.1 Å². The summed E-state index contributed by atoms with van der Waals surface area (Å²) in [5.74, 6) is 0. The van der Waals surface area contributed by atoms with Gasteiger partial charge in [0.25, 0.3) is 0 Å². The van der Waals surface area contributed by atoms with Crippen LogP contribution in [-0.2, 0) is 16.2 Å². The SMILES string of the molecule is CC1(C)c2ccccc2-c2ccc(-c3ccc(N(c4ccc(-c5ccc6c(c5)C(C)(C)c5ccccc5-6)cc4)c4ccc(-c5ccc6c(c5)C(c5ccccc5)(c5ccccc5)c5ccccc5-6)cc4)cc3)cc21. The summed E-state index contributed by atoms with van der Waals surface area (Å²) in [6, 6.07) is 97.6. The summed E-state index contributed by atoms with van der Waals surface area (Å²) in [5.41, 5.74) is 28.7. The van der Waals surface area contributed by atoms with Crippen LogP contribution < -0.4 is 4.90 Å². The van der Waals surface area contributed by atoms with Crippen LogP contribution in [0.15, 0.2) is 261 Å². The third kappa shape index (κ3) is 6.56. The van der Waals surface area contributed by atoms with Crippen LogP contribution in [0.25, 0.3) is 66.8 Å². The molecule has 0 bridgehead atoms. The van der Waals surface area contributed by atoms with E-state index < -0.39 is 5.41 Å². The van der Waals surface area contributed by atoms with Crippen molar-refractivity contribution in [3.05, 3.63) is 305 Å². The average Bonchev–Trinajstić information content (AvgIpc) is 4.07. The molecule has 1 nitrogen and oxygen atoms in total. The van der Waals surface area contributed by atoms with E-state index in [1.807, 2.05) is 0 Å². The van der Waals surface area contributed by atoms with Gasteiger partial charge in [-0.3, -0.25) is 0 Å². The first-order valence-corrected chi connectivity index (χ1v) is 26.2. The molecule has 14 rings (SSSR count). The second kappa shape index (κ2) is 16.6. The van der Waals surface area contributed by atoms with E-state index >= 15 is 0 Å². The monoisotopic (exact) mass is 945 g/mol. The molecule has 0 spiro atoms. The molecule has 11 aromatic rings. The molecule has 0 radical (unpaired) electrons. The van der Waals surface area contributed by atoms with Crippen LogP contribution in [0.3, 0.4) is 0 Å². The lowest BCUT2D eigenvalue weighted by molar-refractivity contribution is 0.660. The number of rotatable bonds is 8. The van der Waals surface area contributed by atoms with Crippen LogP contribution >= 0.6 is 0 Å². The molecule has 0 amide bonds. The minimum Gasteiger partial charge on any atom is -0.311 e. The maximum absolute atomic E-state index is 2.46. The highest BCUT2D eigenvalue weighted by molar-refractivity contribution is 5.90. The van der Waals surface area contributed by atoms with E-state index in [0.29, 0.717) is 0 Å². The van der Waals surface area contributed by atoms with Gasteiger partial charge >= 0.3 is 0 Å². The van der Waals surface area contributed by atoms with E-state index in [2.05, 4.69) is 293 Å². The van der Waals surface area contributed by atoms with E-state index in [0.717, 1.165) is 17.1 Å². The Hall–Kier alpha value is -8.78. The zero-order chi connectivity index (χ0) is 49.8. The van der Waals surface area contributed by atoms with E-state index in [4.69, 9.17) is 0 Å². The highest BCUT2D eigenvalue weighted by Gasteiger charge is 2.46. The van der Waals surface area contributed by atoms with Gasteiger partial charge in [0, 0.05) is 27.9 Å². The summed E-state index contributed by atoms with van der Waals surface area (Å²) in [6.07, 6.45) is 0. The van der Waals surface area contributed by atoms with Crippen LogP contribution in [0.4, 0.5) is 17.1 Å². The van der Waals surface area contributed by atoms with Crippen molar-refractivity contribution in [3.8, 4) is 66.8 Å². The Bertz CT molecular complexity index is 3780. The first-order chi connectivity index (χ1) is 36.2. The Morgan fingerprint density at radius 3 is 0.905 bits per heavy atom. The lowest BCUT2D eigenvalue weighted by atomic mass is 9.67. The molecule has 0 N–H and O–H groups in total. The molecule has 352 valence electrons. The Kier molecular flexibility index (Phi) is 9.88. The van der Waals surface area contributed by atoms with Crippen molar-refractivity contribution < 1.29 is 0 Å². The van der Waals surface area contributed by atoms with E-state index in [-0.39, 0.29) is 10.8 Å². The minimum atomic E-state index is -0.457. The topological polar surface area (TPSA) is 3.24 Å². The van der Waals surface area contributed by atoms with E-state index in [1.54, 1.807) is 0 Å². The van der Waals surface area contributed by atoms with Crippen molar-refractivity contribution in [2.24, 2.45) is 0 Å². The van der Waals surface area contributed by atoms with Crippen molar-refractivity contribution in [2.45, 2.75) is 43.9 Å². The largest absolute Gasteiger partial charge is 0.311 e. The number of fused-ring (bicyclic) bond motifs is 9. The normalized spacial score (nSPS) is 14.5. The van der Waals surface area contributed by atoms with Crippen molar-refractivity contribution in [3.63, 3.8) is 0 Å². The van der Waals surface area contributed by atoms with Crippen molar-refractivity contribution in [1.82, 2.24) is 0 Å². The van der Waals surface area contributed by atoms with Crippen LogP contribution in [-0.4, -0.2) is 0 Å². The molecule has 1 heteroatoms. The molecule has 3 aliphatic carbocycles. The molecule has 0 unspecified atom stereocenters. The van der Waals surface area contributed by atoms with Gasteiger partial charge in [0.2, 0.25) is 0 Å². The molecule has 0 heterocycles. The van der Waals surface area contributed by atoms with Gasteiger partial charge in [0.15, 0.2) is 0 Å². The van der Waals surface area contributed by atoms with Crippen LogP contribution in [0, 0.1) is 0 Å². The van der Waals surface area contributed by atoms with Crippen LogP contribution in [0.1, 0.15) is 72.2 Å². The highest BCUT2D eigenvalue weighted by atomic mass is 15.1. The van der Waals surface area contributed by atoms with Gasteiger partial charge < -0.3 is 4.90 Å². The third-order valence-corrected chi connectivity index (χ3v) is 17.0. The molecule has 0 saturated carbocycles. The zero-order valence-corrected chi connectivity index (χ0v) is 42.3. The first-order valence-electron chi connectivity index (χ1n) is 26.2. The van der Waals surface area contributed by atoms with E-state index in [1.165, 1.54) is 111 Å². The average molecular weight is 946 g/mol. The third-order valence-electron chi connectivity index (χ3n) is 17.0. The van der Waals surface area contributed by atoms with Gasteiger partial charge in [-0.05, 0) is 166 Å². The van der Waals surface area contributed by atoms with Crippen LogP contribution in [0.2, 0.25) is 0 Å². The molecule has 0 aliphatic heterocycles. The molecule has 11 aromatic carbocycles. The molecule has 0 saturated heterocycles. The van der Waals surface area contributed by atoms with Crippen LogP contribution in [0.5, 0.6) is 0 Å². The fourth-order valence-corrected chi connectivity index (χ4v) is 13.2. The zero-order valence-electron chi connectivity index (χ0n) is 42.3. The molecular formula is C73H55N. The quantitative estimate of drug-likeness (QED) is 0.147. The number of anilines is 3.